The number of benzene rings is 1. The van der Waals surface area contributed by atoms with E-state index in [1.54, 1.807) is 19.0 Å². The van der Waals surface area contributed by atoms with E-state index in [1.807, 2.05) is 18.2 Å². The summed E-state index contributed by atoms with van der Waals surface area (Å²) in [5.41, 5.74) is 1.15. The molecular formula is C21H32N4O2. The van der Waals surface area contributed by atoms with Crippen LogP contribution in [0, 0.1) is 5.92 Å². The Morgan fingerprint density at radius 2 is 2.04 bits per heavy atom. The molecule has 0 saturated heterocycles. The molecule has 2 N–H and O–H groups in total. The topological polar surface area (TPSA) is 66.0 Å². The highest BCUT2D eigenvalue weighted by Gasteiger charge is 2.24. The maximum Gasteiger partial charge on any atom is 0.243 e. The van der Waals surface area contributed by atoms with Crippen LogP contribution in [0.15, 0.2) is 29.3 Å². The van der Waals surface area contributed by atoms with Crippen LogP contribution in [-0.2, 0) is 4.79 Å². The van der Waals surface area contributed by atoms with Crippen molar-refractivity contribution in [2.24, 2.45) is 10.9 Å². The predicted octanol–water partition coefficient (Wildman–Crippen LogP) is 2.71. The lowest BCUT2D eigenvalue weighted by atomic mass is 9.87. The SMILES string of the molecule is CC1CCCC(NC(=NCC(=O)N(C)C)NC2CCOc3ccccc32)C1. The molecule has 2 aliphatic rings. The molecule has 3 rings (SSSR count). The summed E-state index contributed by atoms with van der Waals surface area (Å²) < 4.78 is 5.77. The average Bonchev–Trinajstić information content (AvgIpc) is 2.66. The molecule has 27 heavy (non-hydrogen) atoms. The number of likely N-dealkylation sites (N-methyl/N-ethyl adjacent to an activating group) is 1. The third-order valence-corrected chi connectivity index (χ3v) is 5.42. The Kier molecular flexibility index (Phi) is 6.58. The van der Waals surface area contributed by atoms with Gasteiger partial charge in [-0.15, -0.1) is 0 Å². The molecule has 1 fully saturated rings. The van der Waals surface area contributed by atoms with Gasteiger partial charge in [0.2, 0.25) is 5.91 Å². The Hall–Kier alpha value is -2.24. The van der Waals surface area contributed by atoms with Gasteiger partial charge in [-0.3, -0.25) is 4.79 Å². The van der Waals surface area contributed by atoms with Gasteiger partial charge >= 0.3 is 0 Å². The van der Waals surface area contributed by atoms with E-state index in [2.05, 4.69) is 28.6 Å². The van der Waals surface area contributed by atoms with Crippen molar-refractivity contribution in [2.75, 3.05) is 27.2 Å². The molecule has 1 heterocycles. The molecule has 6 heteroatoms. The Bertz CT molecular complexity index is 674. The van der Waals surface area contributed by atoms with Crippen LogP contribution in [0.2, 0.25) is 0 Å². The second-order valence-corrected chi connectivity index (χ2v) is 7.94. The zero-order valence-electron chi connectivity index (χ0n) is 16.7. The van der Waals surface area contributed by atoms with Crippen LogP contribution in [0.3, 0.4) is 0 Å². The number of hydrogen-bond acceptors (Lipinski definition) is 3. The van der Waals surface area contributed by atoms with Crippen molar-refractivity contribution in [1.82, 2.24) is 15.5 Å². The zero-order valence-corrected chi connectivity index (χ0v) is 16.7. The molecule has 6 nitrogen and oxygen atoms in total. The molecule has 0 bridgehead atoms. The fourth-order valence-electron chi connectivity index (χ4n) is 3.84. The maximum atomic E-state index is 12.0. The maximum absolute atomic E-state index is 12.0. The molecule has 0 aromatic heterocycles. The summed E-state index contributed by atoms with van der Waals surface area (Å²) in [5.74, 6) is 2.38. The van der Waals surface area contributed by atoms with Crippen LogP contribution in [0.25, 0.3) is 0 Å². The number of hydrogen-bond donors (Lipinski definition) is 2. The number of carbonyl (C=O) groups is 1. The quantitative estimate of drug-likeness (QED) is 0.630. The van der Waals surface area contributed by atoms with Gasteiger partial charge in [0.1, 0.15) is 12.3 Å². The highest BCUT2D eigenvalue weighted by Crippen LogP contribution is 2.31. The highest BCUT2D eigenvalue weighted by molar-refractivity contribution is 5.85. The van der Waals surface area contributed by atoms with E-state index >= 15 is 0 Å². The standard InChI is InChI=1S/C21H32N4O2/c1-15-7-6-8-16(13-15)23-21(22-14-20(26)25(2)3)24-18-11-12-27-19-10-5-4-9-17(18)19/h4-5,9-10,15-16,18H,6-8,11-14H2,1-3H3,(H2,22,23,24). The number of fused-ring (bicyclic) bond motifs is 1. The van der Waals surface area contributed by atoms with E-state index in [9.17, 15) is 4.79 Å². The van der Waals surface area contributed by atoms with Crippen LogP contribution < -0.4 is 15.4 Å². The molecule has 1 amide bonds. The van der Waals surface area contributed by atoms with Crippen LogP contribution in [0.5, 0.6) is 5.75 Å². The lowest BCUT2D eigenvalue weighted by Crippen LogP contribution is -2.47. The Labute approximate surface area is 162 Å². The van der Waals surface area contributed by atoms with Gasteiger partial charge in [-0.05, 0) is 24.8 Å². The van der Waals surface area contributed by atoms with Gasteiger partial charge in [-0.1, -0.05) is 38.0 Å². The first-order valence-corrected chi connectivity index (χ1v) is 10.0. The fraction of sp³-hybridized carbons (Fsp3) is 0.619. The van der Waals surface area contributed by atoms with E-state index in [1.165, 1.54) is 12.8 Å². The summed E-state index contributed by atoms with van der Waals surface area (Å²) in [6.07, 6.45) is 5.71. The number of carbonyl (C=O) groups excluding carboxylic acids is 1. The second kappa shape index (κ2) is 9.11. The number of para-hydroxylation sites is 1. The van der Waals surface area contributed by atoms with Crippen LogP contribution in [-0.4, -0.2) is 50.1 Å². The van der Waals surface area contributed by atoms with Crippen molar-refractivity contribution in [3.63, 3.8) is 0 Å². The third kappa shape index (κ3) is 5.37. The highest BCUT2D eigenvalue weighted by atomic mass is 16.5. The van der Waals surface area contributed by atoms with E-state index in [-0.39, 0.29) is 18.5 Å². The molecule has 3 unspecified atom stereocenters. The molecule has 1 aliphatic heterocycles. The number of rotatable bonds is 4. The van der Waals surface area contributed by atoms with Crippen LogP contribution in [0.4, 0.5) is 0 Å². The van der Waals surface area contributed by atoms with E-state index in [4.69, 9.17) is 4.74 Å². The molecule has 1 aliphatic carbocycles. The van der Waals surface area contributed by atoms with Crippen molar-refractivity contribution in [2.45, 2.75) is 51.1 Å². The fourth-order valence-corrected chi connectivity index (χ4v) is 3.84. The lowest BCUT2D eigenvalue weighted by Gasteiger charge is -2.32. The minimum atomic E-state index is 0.000454. The monoisotopic (exact) mass is 372 g/mol. The summed E-state index contributed by atoms with van der Waals surface area (Å²) >= 11 is 0. The smallest absolute Gasteiger partial charge is 0.243 e. The van der Waals surface area contributed by atoms with Gasteiger partial charge in [0, 0.05) is 32.1 Å². The van der Waals surface area contributed by atoms with Crippen molar-refractivity contribution < 1.29 is 9.53 Å². The average molecular weight is 373 g/mol. The zero-order chi connectivity index (χ0) is 19.2. The van der Waals surface area contributed by atoms with Gasteiger partial charge in [-0.2, -0.15) is 0 Å². The normalized spacial score (nSPS) is 25.1. The van der Waals surface area contributed by atoms with Crippen LogP contribution in [0.1, 0.15) is 50.6 Å². The van der Waals surface area contributed by atoms with Crippen molar-refractivity contribution >= 4 is 11.9 Å². The third-order valence-electron chi connectivity index (χ3n) is 5.42. The first-order valence-electron chi connectivity index (χ1n) is 10.0. The minimum absolute atomic E-state index is 0.000454. The van der Waals surface area contributed by atoms with Crippen molar-refractivity contribution in [3.8, 4) is 5.75 Å². The van der Waals surface area contributed by atoms with E-state index in [0.29, 0.717) is 12.6 Å². The molecule has 148 valence electrons. The molecule has 1 aromatic rings. The number of ether oxygens (including phenoxy) is 1. The predicted molar refractivity (Wildman–Crippen MR) is 108 cm³/mol. The van der Waals surface area contributed by atoms with Gasteiger partial charge in [0.25, 0.3) is 0 Å². The summed E-state index contributed by atoms with van der Waals surface area (Å²) in [6, 6.07) is 8.67. The Morgan fingerprint density at radius 1 is 1.22 bits per heavy atom. The Balaban J connectivity index is 1.73. The molecule has 0 radical (unpaired) electrons. The first kappa shape index (κ1) is 19.5. The lowest BCUT2D eigenvalue weighted by molar-refractivity contribution is -0.127. The molecule has 1 saturated carbocycles. The summed E-state index contributed by atoms with van der Waals surface area (Å²) in [6.45, 7) is 3.14. The number of guanidine groups is 1. The summed E-state index contributed by atoms with van der Waals surface area (Å²) in [7, 11) is 3.52. The summed E-state index contributed by atoms with van der Waals surface area (Å²) in [4.78, 5) is 18.2. The molecule has 0 spiro atoms. The van der Waals surface area contributed by atoms with Gasteiger partial charge in [0.15, 0.2) is 5.96 Å². The van der Waals surface area contributed by atoms with Crippen molar-refractivity contribution in [3.05, 3.63) is 29.8 Å². The largest absolute Gasteiger partial charge is 0.493 e. The second-order valence-electron chi connectivity index (χ2n) is 7.94. The molecular weight excluding hydrogens is 340 g/mol. The number of nitrogens with zero attached hydrogens (tertiary/aromatic N) is 2. The number of aliphatic imine (C=N–C) groups is 1. The van der Waals surface area contributed by atoms with E-state index in [0.717, 1.165) is 42.5 Å². The Morgan fingerprint density at radius 3 is 2.81 bits per heavy atom. The van der Waals surface area contributed by atoms with Crippen molar-refractivity contribution in [1.29, 1.82) is 0 Å². The van der Waals surface area contributed by atoms with Gasteiger partial charge in [-0.25, -0.2) is 4.99 Å². The van der Waals surface area contributed by atoms with E-state index < -0.39 is 0 Å². The van der Waals surface area contributed by atoms with Gasteiger partial charge < -0.3 is 20.3 Å². The minimum Gasteiger partial charge on any atom is -0.493 e. The molecule has 3 atom stereocenters. The van der Waals surface area contributed by atoms with Gasteiger partial charge in [0.05, 0.1) is 12.6 Å². The molecule has 1 aromatic carbocycles. The number of nitrogens with one attached hydrogen (secondary N) is 2. The first-order chi connectivity index (χ1) is 13.0. The van der Waals surface area contributed by atoms with Crippen LogP contribution >= 0.6 is 0 Å². The number of amides is 1. The summed E-state index contributed by atoms with van der Waals surface area (Å²) in [5, 5.41) is 7.14.